The molecule has 0 aromatic carbocycles. The van der Waals surface area contributed by atoms with Crippen LogP contribution in [0.4, 0.5) is 0 Å². The van der Waals surface area contributed by atoms with Gasteiger partial charge in [-0.15, -0.1) is 0 Å². The smallest absolute Gasteiger partial charge is 0.187 e. The van der Waals surface area contributed by atoms with Crippen LogP contribution in [0.15, 0.2) is 0 Å². The van der Waals surface area contributed by atoms with Gasteiger partial charge in [-0.2, -0.15) is 0 Å². The van der Waals surface area contributed by atoms with Gasteiger partial charge in [-0.3, -0.25) is 0 Å². The Bertz CT molecular complexity index is 1840. The number of fused-ring (bicyclic) bond motifs is 1. The van der Waals surface area contributed by atoms with Crippen LogP contribution >= 0.6 is 0 Å². The van der Waals surface area contributed by atoms with Gasteiger partial charge in [0.1, 0.15) is 171 Å². The summed E-state index contributed by atoms with van der Waals surface area (Å²) in [5.41, 5.74) is 0. The zero-order valence-corrected chi connectivity index (χ0v) is 39.8. The predicted octanol–water partition coefficient (Wildman–Crippen LogP) is -14.2. The molecule has 21 heterocycles. The van der Waals surface area contributed by atoms with E-state index in [1.807, 2.05) is 0 Å². The molecule has 34 heteroatoms. The third-order valence-electron chi connectivity index (χ3n) is 15.0. The maximum Gasteiger partial charge on any atom is 0.187 e. The van der Waals surface area contributed by atoms with Crippen molar-refractivity contribution in [3.63, 3.8) is 0 Å². The van der Waals surface area contributed by atoms with Crippen molar-refractivity contribution in [3.05, 3.63) is 0 Å². The van der Waals surface area contributed by atoms with Gasteiger partial charge >= 0.3 is 0 Å². The molecule has 21 fully saturated rings. The zero-order valence-electron chi connectivity index (χ0n) is 39.8. The van der Waals surface area contributed by atoms with Crippen LogP contribution in [0.2, 0.25) is 0 Å². The van der Waals surface area contributed by atoms with Crippen LogP contribution in [-0.2, 0) is 71.1 Å². The van der Waals surface area contributed by atoms with Crippen molar-refractivity contribution in [1.29, 1.82) is 0 Å². The summed E-state index contributed by atoms with van der Waals surface area (Å²) >= 11 is 0. The Morgan fingerprint density at radius 3 is 0.539 bits per heavy atom. The molecule has 21 saturated heterocycles. The van der Waals surface area contributed by atoms with Gasteiger partial charge < -0.3 is 168 Å². The van der Waals surface area contributed by atoms with Gasteiger partial charge in [0.05, 0.1) is 46.2 Å². The van der Waals surface area contributed by atoms with Crippen molar-refractivity contribution >= 4 is 0 Å². The van der Waals surface area contributed by atoms with E-state index in [2.05, 4.69) is 0 Å². The standard InChI is InChI=1S/C42H68O34/c43-1-8-27-15(50)22(57)37(63-8)72-29-10(3-45)65-39(24(59)17(29)52)74-31-12(5-47)67-41(26(61)19(31)54)76-33-14(7-49)68-42(35-34(33)69-35)75-32-13(6-48)66-40(25(60)20(32)55)73-30-11(4-46)64-38(23(58)18(30)53)71-28-9(2-44)62-36(70-27)21(56)16(28)51/h8-61H,1-7H2/t8-,9-,10-,11-,12-,13-,14-,15-,16-,17-,18-,19+,20-,21-,22-,23-,24-,25-,26+,27-,28-,29-,30-,31-,32-,33-,34-,35-,36-,37-,38-,39-,40-,41-,42-/m1/s1. The van der Waals surface area contributed by atoms with E-state index in [1.165, 1.54) is 0 Å². The summed E-state index contributed by atoms with van der Waals surface area (Å²) in [4.78, 5) is 0. The van der Waals surface area contributed by atoms with Gasteiger partial charge in [0.25, 0.3) is 0 Å². The summed E-state index contributed by atoms with van der Waals surface area (Å²) in [6, 6.07) is 0. The fourth-order valence-electron chi connectivity index (χ4n) is 10.7. The van der Waals surface area contributed by atoms with E-state index < -0.39 is 261 Å². The number of aliphatic hydroxyl groups excluding tert-OH is 19. The van der Waals surface area contributed by atoms with Gasteiger partial charge in [0.2, 0.25) is 0 Å². The first-order valence-corrected chi connectivity index (χ1v) is 24.6. The molecule has 0 aliphatic carbocycles. The number of hydrogen-bond donors (Lipinski definition) is 19. The average molecular weight is 1120 g/mol. The molecular formula is C42H68O34. The second kappa shape index (κ2) is 24.6. The molecule has 0 unspecified atom stereocenters. The van der Waals surface area contributed by atoms with Crippen LogP contribution in [0, 0.1) is 0 Å². The average Bonchev–Trinajstić information content (AvgIpc) is 4.25. The first kappa shape index (κ1) is 59.3. The highest BCUT2D eigenvalue weighted by Gasteiger charge is 2.63. The van der Waals surface area contributed by atoms with Gasteiger partial charge in [0.15, 0.2) is 44.0 Å². The Balaban J connectivity index is 0.984. The Morgan fingerprint density at radius 1 is 0.158 bits per heavy atom. The Morgan fingerprint density at radius 2 is 0.329 bits per heavy atom. The van der Waals surface area contributed by atoms with Gasteiger partial charge in [-0.25, -0.2) is 0 Å². The highest BCUT2D eigenvalue weighted by molar-refractivity contribution is 5.05. The molecule has 0 amide bonds. The molecule has 0 aromatic rings. The molecule has 0 spiro atoms. The molecule has 0 aromatic heterocycles. The third-order valence-corrected chi connectivity index (χ3v) is 15.0. The number of aliphatic hydroxyl groups is 19. The molecular weight excluding hydrogens is 1050 g/mol. The molecule has 34 nitrogen and oxygen atoms in total. The Labute approximate surface area is 428 Å². The van der Waals surface area contributed by atoms with E-state index in [1.54, 1.807) is 0 Å². The molecule has 76 heavy (non-hydrogen) atoms. The lowest BCUT2D eigenvalue weighted by molar-refractivity contribution is -0.396. The summed E-state index contributed by atoms with van der Waals surface area (Å²) in [6.07, 6.45) is -64.2. The molecule has 19 N–H and O–H groups in total. The molecule has 21 aliphatic heterocycles. The number of rotatable bonds is 7. The van der Waals surface area contributed by atoms with Crippen LogP contribution in [0.25, 0.3) is 0 Å². The fourth-order valence-corrected chi connectivity index (χ4v) is 10.7. The lowest BCUT2D eigenvalue weighted by Crippen LogP contribution is -2.68. The zero-order chi connectivity index (χ0) is 54.8. The van der Waals surface area contributed by atoms with Crippen molar-refractivity contribution in [3.8, 4) is 0 Å². The highest BCUT2D eigenvalue weighted by atomic mass is 16.8. The highest BCUT2D eigenvalue weighted by Crippen LogP contribution is 2.43. The Hall–Kier alpha value is -1.36. The second-order valence-electron chi connectivity index (χ2n) is 19.7. The maximum atomic E-state index is 11.4. The summed E-state index contributed by atoms with van der Waals surface area (Å²) in [5.74, 6) is 0. The minimum absolute atomic E-state index is 0.822. The van der Waals surface area contributed by atoms with Crippen molar-refractivity contribution in [1.82, 2.24) is 0 Å². The molecule has 21 aliphatic rings. The van der Waals surface area contributed by atoms with Crippen LogP contribution in [0.5, 0.6) is 0 Å². The second-order valence-corrected chi connectivity index (χ2v) is 19.7. The molecule has 440 valence electrons. The number of epoxide rings is 1. The molecule has 0 saturated carbocycles. The molecule has 14 bridgehead atoms. The Kier molecular flexibility index (Phi) is 19.2. The van der Waals surface area contributed by atoms with Gasteiger partial charge in [-0.05, 0) is 0 Å². The van der Waals surface area contributed by atoms with E-state index in [0.717, 1.165) is 0 Å². The fraction of sp³-hybridized carbons (Fsp3) is 1.00. The van der Waals surface area contributed by atoms with Crippen LogP contribution in [-0.4, -0.2) is 358 Å². The van der Waals surface area contributed by atoms with Gasteiger partial charge in [0, 0.05) is 0 Å². The van der Waals surface area contributed by atoms with E-state index in [-0.39, 0.29) is 0 Å². The maximum absolute atomic E-state index is 11.4. The molecule has 21 rings (SSSR count). The van der Waals surface area contributed by atoms with E-state index in [9.17, 15) is 97.0 Å². The first-order valence-electron chi connectivity index (χ1n) is 24.6. The van der Waals surface area contributed by atoms with Gasteiger partial charge in [-0.1, -0.05) is 0 Å². The third kappa shape index (κ3) is 11.2. The van der Waals surface area contributed by atoms with Crippen LogP contribution in [0.1, 0.15) is 0 Å². The summed E-state index contributed by atoms with van der Waals surface area (Å²) in [6.45, 7) is -6.76. The van der Waals surface area contributed by atoms with Crippen LogP contribution < -0.4 is 0 Å². The summed E-state index contributed by atoms with van der Waals surface area (Å²) < 4.78 is 86.4. The monoisotopic (exact) mass is 1120 g/mol. The van der Waals surface area contributed by atoms with Crippen molar-refractivity contribution < 1.29 is 168 Å². The SMILES string of the molecule is OC[C@H]1O[C@@H]2O[C@H]3[C@H](O)[C@@H](O)[C@@H](O[C@H]4[C@H](O)[C@@H](O)[C@@H](O[C@H]5[C@@H](O)[C@H](O)[C@@H](O[C@H]6[C@H]7O[C@H]7[C@@H](O[C@H]7[C@H](O)[C@@H](O)[C@@H](O[C@H]8[C@H](O)[C@@H](O)[C@@H](O[C@H]1[C@H](O)[C@H]2O)O[C@@H]8CO)O[C@@H]7CO)O[C@@H]6CO)O[C@@H]5CO)O[C@@H]4CO)O[C@@H]3CO. The van der Waals surface area contributed by atoms with E-state index in [0.29, 0.717) is 0 Å². The minimum atomic E-state index is -2.18. The lowest BCUT2D eigenvalue weighted by Gasteiger charge is -2.50. The first-order chi connectivity index (χ1) is 36.3. The molecule has 35 atom stereocenters. The van der Waals surface area contributed by atoms with Crippen molar-refractivity contribution in [2.75, 3.05) is 46.2 Å². The van der Waals surface area contributed by atoms with E-state index in [4.69, 9.17) is 71.1 Å². The summed E-state index contributed by atoms with van der Waals surface area (Å²) in [5, 5.41) is 208. The topological polar surface area (TPSA) is 526 Å². The van der Waals surface area contributed by atoms with Crippen molar-refractivity contribution in [2.45, 2.75) is 215 Å². The normalized spacial score (nSPS) is 56.3. The van der Waals surface area contributed by atoms with Crippen molar-refractivity contribution in [2.24, 2.45) is 0 Å². The van der Waals surface area contributed by atoms with E-state index >= 15 is 0 Å². The quantitative estimate of drug-likeness (QED) is 0.105. The molecule has 0 radical (unpaired) electrons. The number of ether oxygens (including phenoxy) is 15. The largest absolute Gasteiger partial charge is 0.394 e. The number of hydrogen-bond acceptors (Lipinski definition) is 34. The summed E-state index contributed by atoms with van der Waals surface area (Å²) in [7, 11) is 0. The van der Waals surface area contributed by atoms with Crippen LogP contribution in [0.3, 0.4) is 0 Å². The lowest BCUT2D eigenvalue weighted by atomic mass is 9.95. The minimum Gasteiger partial charge on any atom is -0.394 e. The predicted molar refractivity (Wildman–Crippen MR) is 225 cm³/mol.